The number of terminal acetylenes is 1. The summed E-state index contributed by atoms with van der Waals surface area (Å²) in [4.78, 5) is 2.38. The Bertz CT molecular complexity index is 160. The van der Waals surface area contributed by atoms with Gasteiger partial charge >= 0.3 is 0 Å². The van der Waals surface area contributed by atoms with Gasteiger partial charge in [-0.3, -0.25) is 4.90 Å². The minimum Gasteiger partial charge on any atom is -0.320 e. The highest BCUT2D eigenvalue weighted by Crippen LogP contribution is 2.06. The summed E-state index contributed by atoms with van der Waals surface area (Å²) in [5, 5.41) is 3.17. The lowest BCUT2D eigenvalue weighted by Gasteiger charge is -2.26. The molecule has 0 saturated heterocycles. The second-order valence-corrected chi connectivity index (χ2v) is 3.77. The summed E-state index contributed by atoms with van der Waals surface area (Å²) in [5.41, 5.74) is 0. The highest BCUT2D eigenvalue weighted by Gasteiger charge is 2.10. The molecular weight excluding hydrogens is 172 g/mol. The Balaban J connectivity index is 3.76. The zero-order valence-electron chi connectivity index (χ0n) is 9.84. The molecule has 2 heteroatoms. The molecule has 1 unspecified atom stereocenters. The maximum Gasteiger partial charge on any atom is 0.0601 e. The fraction of sp³-hybridized carbons (Fsp3) is 0.833. The molecule has 82 valence electrons. The number of hydrogen-bond donors (Lipinski definition) is 1. The molecular formula is C12H24N2. The van der Waals surface area contributed by atoms with Gasteiger partial charge in [-0.15, -0.1) is 6.42 Å². The van der Waals surface area contributed by atoms with Crippen LogP contribution in [-0.4, -0.2) is 37.6 Å². The van der Waals surface area contributed by atoms with Crippen molar-refractivity contribution in [3.63, 3.8) is 0 Å². The first-order valence-corrected chi connectivity index (χ1v) is 5.58. The van der Waals surface area contributed by atoms with Crippen LogP contribution in [0.1, 0.15) is 33.1 Å². The lowest BCUT2D eigenvalue weighted by atomic mass is 10.1. The summed E-state index contributed by atoms with van der Waals surface area (Å²) in [5.74, 6) is 2.73. The molecule has 0 aromatic heterocycles. The number of nitrogens with zero attached hydrogens (tertiary/aromatic N) is 1. The lowest BCUT2D eigenvalue weighted by molar-refractivity contribution is 0.222. The Labute approximate surface area is 89.1 Å². The van der Waals surface area contributed by atoms with Gasteiger partial charge in [0.15, 0.2) is 0 Å². The van der Waals surface area contributed by atoms with Crippen molar-refractivity contribution < 1.29 is 0 Å². The van der Waals surface area contributed by atoms with Crippen molar-refractivity contribution in [3.8, 4) is 12.3 Å². The molecule has 1 atom stereocenters. The van der Waals surface area contributed by atoms with Gasteiger partial charge in [-0.25, -0.2) is 0 Å². The molecule has 1 N–H and O–H groups in total. The highest BCUT2D eigenvalue weighted by molar-refractivity contribution is 4.89. The van der Waals surface area contributed by atoms with E-state index in [1.165, 1.54) is 19.3 Å². The lowest BCUT2D eigenvalue weighted by Crippen LogP contribution is -2.34. The van der Waals surface area contributed by atoms with Crippen LogP contribution in [0.2, 0.25) is 0 Å². The summed E-state index contributed by atoms with van der Waals surface area (Å²) in [6.07, 6.45) is 8.98. The minimum absolute atomic E-state index is 0.611. The monoisotopic (exact) mass is 196 g/mol. The Hall–Kier alpha value is -0.520. The minimum atomic E-state index is 0.611. The van der Waals surface area contributed by atoms with Crippen LogP contribution in [0.4, 0.5) is 0 Å². The third-order valence-electron chi connectivity index (χ3n) is 2.48. The maximum absolute atomic E-state index is 5.35. The van der Waals surface area contributed by atoms with Crippen LogP contribution in [0.25, 0.3) is 0 Å². The van der Waals surface area contributed by atoms with Gasteiger partial charge in [-0.1, -0.05) is 12.8 Å². The molecule has 2 nitrogen and oxygen atoms in total. The van der Waals surface area contributed by atoms with E-state index in [0.29, 0.717) is 6.04 Å². The van der Waals surface area contributed by atoms with E-state index in [4.69, 9.17) is 6.42 Å². The average Bonchev–Trinajstić information content (AvgIpc) is 2.18. The highest BCUT2D eigenvalue weighted by atomic mass is 15.1. The van der Waals surface area contributed by atoms with Crippen molar-refractivity contribution >= 4 is 0 Å². The summed E-state index contributed by atoms with van der Waals surface area (Å²) in [7, 11) is 2.00. The molecule has 0 aromatic rings. The molecule has 0 aliphatic rings. The van der Waals surface area contributed by atoms with Crippen LogP contribution >= 0.6 is 0 Å². The molecule has 0 aliphatic carbocycles. The van der Waals surface area contributed by atoms with E-state index >= 15 is 0 Å². The molecule has 0 spiro atoms. The zero-order valence-corrected chi connectivity index (χ0v) is 9.84. The van der Waals surface area contributed by atoms with E-state index in [1.54, 1.807) is 0 Å². The van der Waals surface area contributed by atoms with Gasteiger partial charge in [-0.05, 0) is 46.3 Å². The predicted octanol–water partition coefficient (Wildman–Crippen LogP) is 1.72. The summed E-state index contributed by atoms with van der Waals surface area (Å²) < 4.78 is 0. The second kappa shape index (κ2) is 9.05. The van der Waals surface area contributed by atoms with Crippen LogP contribution in [0.5, 0.6) is 0 Å². The number of rotatable bonds is 8. The Morgan fingerprint density at radius 1 is 1.50 bits per heavy atom. The van der Waals surface area contributed by atoms with Crippen molar-refractivity contribution in [2.75, 3.05) is 26.7 Å². The molecule has 0 radical (unpaired) electrons. The second-order valence-electron chi connectivity index (χ2n) is 3.77. The predicted molar refractivity (Wildman–Crippen MR) is 63.3 cm³/mol. The van der Waals surface area contributed by atoms with Crippen molar-refractivity contribution in [1.29, 1.82) is 0 Å². The van der Waals surface area contributed by atoms with Crippen molar-refractivity contribution in [2.45, 2.75) is 39.2 Å². The largest absolute Gasteiger partial charge is 0.320 e. The van der Waals surface area contributed by atoms with E-state index in [0.717, 1.165) is 19.6 Å². The third kappa shape index (κ3) is 6.01. The van der Waals surface area contributed by atoms with Crippen LogP contribution in [0, 0.1) is 12.3 Å². The Morgan fingerprint density at radius 3 is 2.71 bits per heavy atom. The fourth-order valence-electron chi connectivity index (χ4n) is 1.62. The number of hydrogen-bond acceptors (Lipinski definition) is 2. The van der Waals surface area contributed by atoms with E-state index in [2.05, 4.69) is 30.0 Å². The maximum atomic E-state index is 5.35. The van der Waals surface area contributed by atoms with E-state index in [1.807, 2.05) is 7.05 Å². The Kier molecular flexibility index (Phi) is 8.72. The van der Waals surface area contributed by atoms with Crippen LogP contribution < -0.4 is 5.32 Å². The first-order chi connectivity index (χ1) is 6.76. The van der Waals surface area contributed by atoms with Gasteiger partial charge in [0.25, 0.3) is 0 Å². The van der Waals surface area contributed by atoms with E-state index < -0.39 is 0 Å². The quantitative estimate of drug-likeness (QED) is 0.470. The first kappa shape index (κ1) is 13.5. The van der Waals surface area contributed by atoms with Gasteiger partial charge in [0.2, 0.25) is 0 Å². The first-order valence-electron chi connectivity index (χ1n) is 5.58. The van der Waals surface area contributed by atoms with Gasteiger partial charge in [-0.2, -0.15) is 0 Å². The standard InChI is InChI=1S/C12H24N2/c1-5-10-14(11-6-2)12(3)8-7-9-13-4/h1,12-13H,6-11H2,2-4H3. The molecule has 0 fully saturated rings. The summed E-state index contributed by atoms with van der Waals surface area (Å²) in [6, 6.07) is 0.611. The summed E-state index contributed by atoms with van der Waals surface area (Å²) >= 11 is 0. The van der Waals surface area contributed by atoms with Crippen molar-refractivity contribution in [3.05, 3.63) is 0 Å². The molecule has 0 saturated carbocycles. The van der Waals surface area contributed by atoms with Crippen molar-refractivity contribution in [2.24, 2.45) is 0 Å². The van der Waals surface area contributed by atoms with E-state index in [-0.39, 0.29) is 0 Å². The molecule has 0 heterocycles. The Morgan fingerprint density at radius 2 is 2.21 bits per heavy atom. The van der Waals surface area contributed by atoms with E-state index in [9.17, 15) is 0 Å². The van der Waals surface area contributed by atoms with Gasteiger partial charge < -0.3 is 5.32 Å². The number of nitrogens with one attached hydrogen (secondary N) is 1. The molecule has 0 aliphatic heterocycles. The van der Waals surface area contributed by atoms with Crippen LogP contribution in [-0.2, 0) is 0 Å². The molecule has 0 amide bonds. The third-order valence-corrected chi connectivity index (χ3v) is 2.48. The summed E-state index contributed by atoms with van der Waals surface area (Å²) in [6.45, 7) is 7.46. The molecule has 0 bridgehead atoms. The molecule has 14 heavy (non-hydrogen) atoms. The SMILES string of the molecule is C#CCN(CCC)C(C)CCCNC. The van der Waals surface area contributed by atoms with Crippen LogP contribution in [0.15, 0.2) is 0 Å². The van der Waals surface area contributed by atoms with Crippen molar-refractivity contribution in [1.82, 2.24) is 10.2 Å². The van der Waals surface area contributed by atoms with Gasteiger partial charge in [0.1, 0.15) is 0 Å². The normalized spacial score (nSPS) is 12.8. The van der Waals surface area contributed by atoms with Gasteiger partial charge in [0, 0.05) is 6.04 Å². The topological polar surface area (TPSA) is 15.3 Å². The fourth-order valence-corrected chi connectivity index (χ4v) is 1.62. The zero-order chi connectivity index (χ0) is 10.8. The average molecular weight is 196 g/mol. The van der Waals surface area contributed by atoms with Crippen LogP contribution in [0.3, 0.4) is 0 Å². The molecule has 0 aromatic carbocycles. The molecule has 0 rings (SSSR count). The smallest absolute Gasteiger partial charge is 0.0601 e. The van der Waals surface area contributed by atoms with Gasteiger partial charge in [0.05, 0.1) is 6.54 Å².